The maximum Gasteiger partial charge on any atom is 0.271 e. The zero-order valence-corrected chi connectivity index (χ0v) is 11.0. The van der Waals surface area contributed by atoms with Crippen molar-refractivity contribution in [2.75, 3.05) is 0 Å². The van der Waals surface area contributed by atoms with Crippen LogP contribution in [0.5, 0.6) is 0 Å². The Morgan fingerprint density at radius 3 is 1.90 bits per heavy atom. The number of nitrogens with one attached hydrogen (secondary N) is 1. The van der Waals surface area contributed by atoms with Crippen molar-refractivity contribution in [3.05, 3.63) is 71.8 Å². The van der Waals surface area contributed by atoms with Gasteiger partial charge in [0.2, 0.25) is 5.78 Å². The molecule has 0 unspecified atom stereocenters. The van der Waals surface area contributed by atoms with Gasteiger partial charge in [0.1, 0.15) is 5.71 Å². The van der Waals surface area contributed by atoms with Crippen molar-refractivity contribution >= 4 is 17.4 Å². The van der Waals surface area contributed by atoms with E-state index in [4.69, 9.17) is 0 Å². The number of amides is 1. The molecule has 4 heteroatoms. The lowest BCUT2D eigenvalue weighted by Crippen LogP contribution is -2.22. The minimum absolute atomic E-state index is 0.209. The number of nitrogens with zero attached hydrogens (tertiary/aromatic N) is 1. The van der Waals surface area contributed by atoms with Crippen LogP contribution in [0.4, 0.5) is 0 Å². The maximum atomic E-state index is 12.0. The van der Waals surface area contributed by atoms with E-state index >= 15 is 0 Å². The summed E-state index contributed by atoms with van der Waals surface area (Å²) >= 11 is 0. The van der Waals surface area contributed by atoms with E-state index in [0.717, 1.165) is 0 Å². The summed E-state index contributed by atoms with van der Waals surface area (Å²) in [4.78, 5) is 23.8. The third kappa shape index (κ3) is 3.38. The van der Waals surface area contributed by atoms with E-state index in [9.17, 15) is 9.59 Å². The number of benzene rings is 2. The minimum atomic E-state index is -0.342. The van der Waals surface area contributed by atoms with E-state index in [-0.39, 0.29) is 17.4 Å². The lowest BCUT2D eigenvalue weighted by molar-refractivity contribution is 0.0954. The largest absolute Gasteiger partial charge is 0.287 e. The van der Waals surface area contributed by atoms with E-state index in [1.54, 1.807) is 55.5 Å². The highest BCUT2D eigenvalue weighted by atomic mass is 16.2. The lowest BCUT2D eigenvalue weighted by atomic mass is 10.1. The second-order valence-corrected chi connectivity index (χ2v) is 4.20. The van der Waals surface area contributed by atoms with E-state index in [1.165, 1.54) is 0 Å². The van der Waals surface area contributed by atoms with Crippen LogP contribution in [0.1, 0.15) is 27.6 Å². The number of hydrogen-bond acceptors (Lipinski definition) is 3. The van der Waals surface area contributed by atoms with Crippen molar-refractivity contribution in [3.63, 3.8) is 0 Å². The summed E-state index contributed by atoms with van der Waals surface area (Å²) in [6, 6.07) is 17.5. The lowest BCUT2D eigenvalue weighted by Gasteiger charge is -2.02. The number of hydrazone groups is 1. The van der Waals surface area contributed by atoms with Gasteiger partial charge in [0.05, 0.1) is 0 Å². The predicted octanol–water partition coefficient (Wildman–Crippen LogP) is 2.68. The van der Waals surface area contributed by atoms with Gasteiger partial charge in [-0.25, -0.2) is 5.43 Å². The molecule has 0 fully saturated rings. The highest BCUT2D eigenvalue weighted by Crippen LogP contribution is 2.02. The Morgan fingerprint density at radius 1 is 0.850 bits per heavy atom. The second-order valence-electron chi connectivity index (χ2n) is 4.20. The van der Waals surface area contributed by atoms with Crippen LogP contribution in [0.2, 0.25) is 0 Å². The first-order valence-electron chi connectivity index (χ1n) is 6.18. The molecule has 0 aromatic heterocycles. The molecular formula is C16H14N2O2. The number of ketones is 1. The van der Waals surface area contributed by atoms with Gasteiger partial charge in [-0.3, -0.25) is 9.59 Å². The Hall–Kier alpha value is -2.75. The average Bonchev–Trinajstić information content (AvgIpc) is 2.53. The first kappa shape index (κ1) is 13.7. The van der Waals surface area contributed by atoms with E-state index in [1.807, 2.05) is 12.1 Å². The van der Waals surface area contributed by atoms with Crippen molar-refractivity contribution in [1.29, 1.82) is 0 Å². The first-order valence-corrected chi connectivity index (χ1v) is 6.18. The number of carbonyl (C=O) groups is 2. The van der Waals surface area contributed by atoms with Crippen molar-refractivity contribution in [2.45, 2.75) is 6.92 Å². The second kappa shape index (κ2) is 6.43. The number of rotatable bonds is 4. The van der Waals surface area contributed by atoms with Crippen LogP contribution in [-0.4, -0.2) is 17.4 Å². The fourth-order valence-electron chi connectivity index (χ4n) is 1.64. The van der Waals surface area contributed by atoms with Gasteiger partial charge in [-0.1, -0.05) is 48.5 Å². The number of hydrogen-bond donors (Lipinski definition) is 1. The highest BCUT2D eigenvalue weighted by Gasteiger charge is 2.10. The Kier molecular flexibility index (Phi) is 4.39. The van der Waals surface area contributed by atoms with Gasteiger partial charge in [-0.2, -0.15) is 5.10 Å². The van der Waals surface area contributed by atoms with Gasteiger partial charge in [0, 0.05) is 11.1 Å². The molecule has 4 nitrogen and oxygen atoms in total. The van der Waals surface area contributed by atoms with Crippen molar-refractivity contribution < 1.29 is 9.59 Å². The van der Waals surface area contributed by atoms with E-state index in [2.05, 4.69) is 10.5 Å². The van der Waals surface area contributed by atoms with Gasteiger partial charge in [0.25, 0.3) is 5.91 Å². The summed E-state index contributed by atoms with van der Waals surface area (Å²) in [5.41, 5.74) is 3.65. The normalized spacial score (nSPS) is 10.9. The topological polar surface area (TPSA) is 58.5 Å². The van der Waals surface area contributed by atoms with Crippen LogP contribution in [0.3, 0.4) is 0 Å². The zero-order valence-electron chi connectivity index (χ0n) is 11.0. The summed E-state index contributed by atoms with van der Waals surface area (Å²) in [5.74, 6) is -0.551. The molecule has 0 atom stereocenters. The van der Waals surface area contributed by atoms with Crippen molar-refractivity contribution in [1.82, 2.24) is 5.43 Å². The molecule has 100 valence electrons. The van der Waals surface area contributed by atoms with Crippen molar-refractivity contribution in [2.24, 2.45) is 5.10 Å². The van der Waals surface area contributed by atoms with Gasteiger partial charge in [-0.15, -0.1) is 0 Å². The quantitative estimate of drug-likeness (QED) is 0.525. The Morgan fingerprint density at radius 2 is 1.35 bits per heavy atom. The molecule has 0 saturated carbocycles. The average molecular weight is 266 g/mol. The molecule has 2 aromatic rings. The third-order valence-electron chi connectivity index (χ3n) is 2.73. The monoisotopic (exact) mass is 266 g/mol. The number of carbonyl (C=O) groups excluding carboxylic acids is 2. The molecule has 2 rings (SSSR count). The van der Waals surface area contributed by atoms with Gasteiger partial charge in [-0.05, 0) is 19.1 Å². The van der Waals surface area contributed by atoms with Gasteiger partial charge in [0.15, 0.2) is 0 Å². The molecule has 20 heavy (non-hydrogen) atoms. The molecule has 0 saturated heterocycles. The summed E-state index contributed by atoms with van der Waals surface area (Å²) in [7, 11) is 0. The summed E-state index contributed by atoms with van der Waals surface area (Å²) in [6.07, 6.45) is 0. The molecular weight excluding hydrogens is 252 g/mol. The standard InChI is InChI=1S/C16H14N2O2/c1-12(15(19)13-8-4-2-5-9-13)17-18-16(20)14-10-6-3-7-11-14/h2-11H,1H3,(H,18,20)/b17-12+. The minimum Gasteiger partial charge on any atom is -0.287 e. The maximum absolute atomic E-state index is 12.0. The summed E-state index contributed by atoms with van der Waals surface area (Å²) in [6.45, 7) is 1.57. The van der Waals surface area contributed by atoms with Gasteiger partial charge >= 0.3 is 0 Å². The van der Waals surface area contributed by atoms with Crippen LogP contribution in [0.25, 0.3) is 0 Å². The zero-order chi connectivity index (χ0) is 14.4. The SMILES string of the molecule is C/C(=N\NC(=O)c1ccccc1)C(=O)c1ccccc1. The third-order valence-corrected chi connectivity index (χ3v) is 2.73. The van der Waals surface area contributed by atoms with Crippen LogP contribution >= 0.6 is 0 Å². The van der Waals surface area contributed by atoms with Crippen LogP contribution in [0, 0.1) is 0 Å². The van der Waals surface area contributed by atoms with Gasteiger partial charge < -0.3 is 0 Å². The molecule has 0 bridgehead atoms. The molecule has 1 amide bonds. The molecule has 0 radical (unpaired) electrons. The number of Topliss-reactive ketones (excluding diaryl/α,β-unsaturated/α-hetero) is 1. The van der Waals surface area contributed by atoms with E-state index in [0.29, 0.717) is 11.1 Å². The molecule has 0 aliphatic rings. The molecule has 2 aromatic carbocycles. The molecule has 0 heterocycles. The van der Waals surface area contributed by atoms with Crippen LogP contribution in [-0.2, 0) is 0 Å². The predicted molar refractivity (Wildman–Crippen MR) is 77.8 cm³/mol. The van der Waals surface area contributed by atoms with Crippen LogP contribution in [0.15, 0.2) is 65.8 Å². The Labute approximate surface area is 117 Å². The summed E-state index contributed by atoms with van der Waals surface area (Å²) in [5, 5.41) is 3.84. The fourth-order valence-corrected chi connectivity index (χ4v) is 1.64. The molecule has 0 spiro atoms. The highest BCUT2D eigenvalue weighted by molar-refractivity contribution is 6.45. The van der Waals surface area contributed by atoms with Crippen molar-refractivity contribution in [3.8, 4) is 0 Å². The smallest absolute Gasteiger partial charge is 0.271 e. The molecule has 0 aliphatic carbocycles. The van der Waals surface area contributed by atoms with E-state index < -0.39 is 0 Å². The first-order chi connectivity index (χ1) is 9.68. The Balaban J connectivity index is 2.05. The Bertz CT molecular complexity index is 634. The molecule has 1 N–H and O–H groups in total. The van der Waals surface area contributed by atoms with Crippen LogP contribution < -0.4 is 5.43 Å². The fraction of sp³-hybridized carbons (Fsp3) is 0.0625. The summed E-state index contributed by atoms with van der Waals surface area (Å²) < 4.78 is 0. The molecule has 0 aliphatic heterocycles.